The molecule has 3 aromatic rings. The van der Waals surface area contributed by atoms with Crippen LogP contribution in [0.3, 0.4) is 0 Å². The molecule has 8 nitrogen and oxygen atoms in total. The zero-order valence-corrected chi connectivity index (χ0v) is 19.3. The lowest BCUT2D eigenvalue weighted by atomic mass is 9.84. The number of fused-ring (bicyclic) bond motifs is 1. The van der Waals surface area contributed by atoms with Crippen molar-refractivity contribution in [3.8, 4) is 17.3 Å². The van der Waals surface area contributed by atoms with Crippen LogP contribution in [-0.2, 0) is 15.3 Å². The van der Waals surface area contributed by atoms with E-state index in [0.29, 0.717) is 22.2 Å². The van der Waals surface area contributed by atoms with E-state index < -0.39 is 28.0 Å². The summed E-state index contributed by atoms with van der Waals surface area (Å²) in [6.45, 7) is 6.22. The van der Waals surface area contributed by atoms with Gasteiger partial charge in [0.05, 0.1) is 23.1 Å². The standard InChI is InChI=1S/C21H23F3N4O4S/c1-11-5-16(18-27-28-19(32-18)25-12-8-33(29,30)9-12)26-17-14(11)6-13(31-10-21(22,23)24)7-15(17)20(2,3)4/h5-7,12H,8-10H2,1-4H3,(H,25,28). The third-order valence-electron chi connectivity index (χ3n) is 5.19. The SMILES string of the molecule is Cc1cc(-c2nnc(NC3CS(=O)(=O)C3)o2)nc2c(C(C)(C)C)cc(OCC(F)(F)F)cc12. The Balaban J connectivity index is 1.70. The number of hydrogen-bond donors (Lipinski definition) is 1. The van der Waals surface area contributed by atoms with Crippen molar-refractivity contribution < 1.29 is 30.7 Å². The molecule has 178 valence electrons. The van der Waals surface area contributed by atoms with Gasteiger partial charge in [-0.25, -0.2) is 13.4 Å². The number of pyridine rings is 1. The van der Waals surface area contributed by atoms with Crippen LogP contribution in [0.15, 0.2) is 22.6 Å². The molecule has 1 N–H and O–H groups in total. The van der Waals surface area contributed by atoms with Gasteiger partial charge >= 0.3 is 12.2 Å². The fraction of sp³-hybridized carbons (Fsp3) is 0.476. The first-order valence-electron chi connectivity index (χ1n) is 10.2. The zero-order valence-electron chi connectivity index (χ0n) is 18.4. The maximum absolute atomic E-state index is 12.7. The summed E-state index contributed by atoms with van der Waals surface area (Å²) in [6.07, 6.45) is -4.44. The Bertz CT molecular complexity index is 1300. The second-order valence-electron chi connectivity index (χ2n) is 9.18. The molecule has 1 saturated heterocycles. The maximum atomic E-state index is 12.7. The number of aryl methyl sites for hydroxylation is 1. The largest absolute Gasteiger partial charge is 0.484 e. The molecular weight excluding hydrogens is 461 g/mol. The Labute approximate surface area is 188 Å². The number of halogens is 3. The first-order chi connectivity index (χ1) is 15.2. The van der Waals surface area contributed by atoms with Crippen molar-refractivity contribution in [1.82, 2.24) is 15.2 Å². The Morgan fingerprint density at radius 3 is 2.45 bits per heavy atom. The minimum Gasteiger partial charge on any atom is -0.484 e. The summed E-state index contributed by atoms with van der Waals surface area (Å²) in [5, 5.41) is 11.5. The molecule has 1 aliphatic rings. The molecule has 4 rings (SSSR count). The van der Waals surface area contributed by atoms with Gasteiger partial charge < -0.3 is 14.5 Å². The van der Waals surface area contributed by atoms with E-state index in [-0.39, 0.29) is 35.2 Å². The smallest absolute Gasteiger partial charge is 0.422 e. The van der Waals surface area contributed by atoms with Crippen LogP contribution in [0.2, 0.25) is 0 Å². The molecule has 2 aromatic heterocycles. The van der Waals surface area contributed by atoms with Crippen molar-refractivity contribution in [3.63, 3.8) is 0 Å². The van der Waals surface area contributed by atoms with Crippen LogP contribution in [0.25, 0.3) is 22.5 Å². The third-order valence-corrected chi connectivity index (χ3v) is 7.01. The first kappa shape index (κ1) is 23.3. The monoisotopic (exact) mass is 484 g/mol. The lowest BCUT2D eigenvalue weighted by molar-refractivity contribution is -0.153. The molecule has 0 spiro atoms. The van der Waals surface area contributed by atoms with Crippen LogP contribution in [0.1, 0.15) is 31.9 Å². The van der Waals surface area contributed by atoms with Crippen LogP contribution in [0.4, 0.5) is 19.2 Å². The molecule has 0 unspecified atom stereocenters. The van der Waals surface area contributed by atoms with Crippen LogP contribution < -0.4 is 10.1 Å². The number of rotatable bonds is 5. The van der Waals surface area contributed by atoms with E-state index in [1.807, 2.05) is 27.7 Å². The van der Waals surface area contributed by atoms with E-state index >= 15 is 0 Å². The molecule has 1 aliphatic heterocycles. The van der Waals surface area contributed by atoms with E-state index in [4.69, 9.17) is 9.15 Å². The Kier molecular flexibility index (Phi) is 5.54. The summed E-state index contributed by atoms with van der Waals surface area (Å²) in [4.78, 5) is 4.67. The average Bonchev–Trinajstić information content (AvgIpc) is 3.12. The zero-order chi connectivity index (χ0) is 24.2. The fourth-order valence-electron chi connectivity index (χ4n) is 3.60. The molecular formula is C21H23F3N4O4S. The number of nitrogens with one attached hydrogen (secondary N) is 1. The van der Waals surface area contributed by atoms with E-state index in [1.165, 1.54) is 0 Å². The van der Waals surface area contributed by atoms with Gasteiger partial charge in [-0.2, -0.15) is 13.2 Å². The van der Waals surface area contributed by atoms with Gasteiger partial charge in [-0.05, 0) is 41.7 Å². The molecule has 3 heterocycles. The summed E-state index contributed by atoms with van der Waals surface area (Å²) < 4.78 is 71.3. The van der Waals surface area contributed by atoms with Gasteiger partial charge in [0, 0.05) is 5.39 Å². The normalized spacial score (nSPS) is 16.6. The highest BCUT2D eigenvalue weighted by Gasteiger charge is 2.34. The predicted octanol–water partition coefficient (Wildman–Crippen LogP) is 4.04. The highest BCUT2D eigenvalue weighted by molar-refractivity contribution is 7.92. The second kappa shape index (κ2) is 7.86. The third kappa shape index (κ3) is 5.21. The Morgan fingerprint density at radius 1 is 1.15 bits per heavy atom. The summed E-state index contributed by atoms with van der Waals surface area (Å²) in [6, 6.07) is 4.63. The summed E-state index contributed by atoms with van der Waals surface area (Å²) in [5.41, 5.74) is 2.01. The minimum absolute atomic E-state index is 0.00569. The van der Waals surface area contributed by atoms with E-state index in [1.54, 1.807) is 18.2 Å². The summed E-state index contributed by atoms with van der Waals surface area (Å²) >= 11 is 0. The summed E-state index contributed by atoms with van der Waals surface area (Å²) in [7, 11) is -3.00. The molecule has 0 saturated carbocycles. The molecule has 0 amide bonds. The number of aromatic nitrogens is 3. The van der Waals surface area contributed by atoms with E-state index in [9.17, 15) is 21.6 Å². The Morgan fingerprint density at radius 2 is 1.85 bits per heavy atom. The van der Waals surface area contributed by atoms with Crippen LogP contribution in [-0.4, -0.2) is 53.9 Å². The lowest BCUT2D eigenvalue weighted by Gasteiger charge is -2.25. The van der Waals surface area contributed by atoms with Crippen molar-refractivity contribution in [2.45, 2.75) is 45.3 Å². The predicted molar refractivity (Wildman–Crippen MR) is 116 cm³/mol. The molecule has 1 aromatic carbocycles. The molecule has 0 aliphatic carbocycles. The Hall–Kier alpha value is -2.89. The topological polar surface area (TPSA) is 107 Å². The van der Waals surface area contributed by atoms with Gasteiger partial charge in [-0.3, -0.25) is 0 Å². The van der Waals surface area contributed by atoms with Crippen molar-refractivity contribution in [2.75, 3.05) is 23.4 Å². The van der Waals surface area contributed by atoms with Crippen LogP contribution >= 0.6 is 0 Å². The van der Waals surface area contributed by atoms with Gasteiger partial charge in [0.1, 0.15) is 11.4 Å². The van der Waals surface area contributed by atoms with Crippen molar-refractivity contribution >= 4 is 26.8 Å². The van der Waals surface area contributed by atoms with Crippen LogP contribution in [0.5, 0.6) is 5.75 Å². The average molecular weight is 485 g/mol. The number of hydrogen-bond acceptors (Lipinski definition) is 8. The molecule has 0 bridgehead atoms. The van der Waals surface area contributed by atoms with Crippen molar-refractivity contribution in [3.05, 3.63) is 29.3 Å². The van der Waals surface area contributed by atoms with Gasteiger partial charge in [0.2, 0.25) is 0 Å². The van der Waals surface area contributed by atoms with Crippen molar-refractivity contribution in [1.29, 1.82) is 0 Å². The highest BCUT2D eigenvalue weighted by atomic mass is 32.2. The number of nitrogens with zero attached hydrogens (tertiary/aromatic N) is 3. The van der Waals surface area contributed by atoms with E-state index in [0.717, 1.165) is 5.56 Å². The first-order valence-corrected chi connectivity index (χ1v) is 12.0. The molecule has 12 heteroatoms. The van der Waals surface area contributed by atoms with Gasteiger partial charge in [0.15, 0.2) is 16.4 Å². The molecule has 33 heavy (non-hydrogen) atoms. The highest BCUT2D eigenvalue weighted by Crippen LogP contribution is 2.36. The number of anilines is 1. The van der Waals surface area contributed by atoms with Gasteiger partial charge in [-0.1, -0.05) is 25.9 Å². The lowest BCUT2D eigenvalue weighted by Crippen LogP contribution is -2.46. The van der Waals surface area contributed by atoms with E-state index in [2.05, 4.69) is 20.5 Å². The maximum Gasteiger partial charge on any atom is 0.422 e. The van der Waals surface area contributed by atoms with Crippen LogP contribution in [0, 0.1) is 6.92 Å². The quantitative estimate of drug-likeness (QED) is 0.578. The second-order valence-corrected chi connectivity index (χ2v) is 11.3. The summed E-state index contributed by atoms with van der Waals surface area (Å²) in [5.74, 6) is 0.265. The number of ether oxygens (including phenoxy) is 1. The van der Waals surface area contributed by atoms with Crippen molar-refractivity contribution in [2.24, 2.45) is 0 Å². The number of benzene rings is 1. The van der Waals surface area contributed by atoms with Gasteiger partial charge in [0.25, 0.3) is 5.89 Å². The van der Waals surface area contributed by atoms with Gasteiger partial charge in [-0.15, -0.1) is 5.10 Å². The molecule has 0 radical (unpaired) electrons. The minimum atomic E-state index is -4.44. The number of sulfone groups is 1. The molecule has 0 atom stereocenters. The fourth-order valence-corrected chi connectivity index (χ4v) is 4.90. The molecule has 1 fully saturated rings. The number of alkyl halides is 3.